The number of hydrogen-bond acceptors (Lipinski definition) is 5. The summed E-state index contributed by atoms with van der Waals surface area (Å²) < 4.78 is 19.0. The molecular formula is C16H18FN3OS. The third-order valence-corrected chi connectivity index (χ3v) is 4.15. The first-order valence-corrected chi connectivity index (χ1v) is 7.87. The Labute approximate surface area is 133 Å². The molecule has 2 aromatic rings. The molecule has 1 aromatic carbocycles. The zero-order valence-electron chi connectivity index (χ0n) is 12.7. The lowest BCUT2D eigenvalue weighted by molar-refractivity contribution is 0.184. The summed E-state index contributed by atoms with van der Waals surface area (Å²) >= 11 is 1.57. The Bertz CT molecular complexity index is 666. The smallest absolute Gasteiger partial charge is 0.129 e. The Morgan fingerprint density at radius 1 is 1.41 bits per heavy atom. The molecule has 0 unspecified atom stereocenters. The van der Waals surface area contributed by atoms with Crippen LogP contribution in [-0.4, -0.2) is 23.5 Å². The van der Waals surface area contributed by atoms with Crippen molar-refractivity contribution in [3.8, 4) is 6.07 Å². The van der Waals surface area contributed by atoms with Gasteiger partial charge in [-0.3, -0.25) is 4.90 Å². The van der Waals surface area contributed by atoms with Crippen LogP contribution in [-0.2, 0) is 24.4 Å². The lowest BCUT2D eigenvalue weighted by atomic mass is 10.1. The van der Waals surface area contributed by atoms with E-state index in [1.807, 2.05) is 18.4 Å². The fraction of sp³-hybridized carbons (Fsp3) is 0.375. The molecule has 2 rings (SSSR count). The Morgan fingerprint density at radius 3 is 2.86 bits per heavy atom. The topological polar surface area (TPSA) is 49.1 Å². The van der Waals surface area contributed by atoms with Crippen molar-refractivity contribution in [2.45, 2.75) is 26.6 Å². The quantitative estimate of drug-likeness (QED) is 0.785. The second-order valence-electron chi connectivity index (χ2n) is 4.89. The van der Waals surface area contributed by atoms with Crippen molar-refractivity contribution in [2.75, 3.05) is 13.7 Å². The SMILES string of the molecule is CCN(Cc1csc(COC)n1)Cc1ccc(C#N)cc1F. The summed E-state index contributed by atoms with van der Waals surface area (Å²) in [6.45, 7) is 4.49. The first-order valence-electron chi connectivity index (χ1n) is 6.99. The van der Waals surface area contributed by atoms with Crippen LogP contribution in [0.15, 0.2) is 23.6 Å². The maximum Gasteiger partial charge on any atom is 0.129 e. The number of aromatic nitrogens is 1. The van der Waals surface area contributed by atoms with Crippen molar-refractivity contribution in [3.63, 3.8) is 0 Å². The van der Waals surface area contributed by atoms with Crippen LogP contribution in [0.3, 0.4) is 0 Å². The molecule has 0 atom stereocenters. The number of rotatable bonds is 7. The molecule has 0 aliphatic heterocycles. The van der Waals surface area contributed by atoms with Gasteiger partial charge in [-0.2, -0.15) is 5.26 Å². The van der Waals surface area contributed by atoms with Crippen molar-refractivity contribution >= 4 is 11.3 Å². The molecule has 116 valence electrons. The number of methoxy groups -OCH3 is 1. The molecule has 0 saturated carbocycles. The fourth-order valence-electron chi connectivity index (χ4n) is 2.11. The van der Waals surface area contributed by atoms with Gasteiger partial charge in [0.15, 0.2) is 0 Å². The molecule has 6 heteroatoms. The maximum absolute atomic E-state index is 14.0. The van der Waals surface area contributed by atoms with Gasteiger partial charge in [-0.25, -0.2) is 9.37 Å². The standard InChI is InChI=1S/C16H18FN3OS/c1-3-20(9-14-11-22-16(19-14)10-21-2)8-13-5-4-12(7-18)6-15(13)17/h4-6,11H,3,8-10H2,1-2H3. The number of ether oxygens (including phenoxy) is 1. The van der Waals surface area contributed by atoms with Crippen molar-refractivity contribution in [3.05, 3.63) is 51.2 Å². The van der Waals surface area contributed by atoms with Gasteiger partial charge >= 0.3 is 0 Å². The van der Waals surface area contributed by atoms with Crippen molar-refractivity contribution in [1.82, 2.24) is 9.88 Å². The number of nitriles is 1. The van der Waals surface area contributed by atoms with Gasteiger partial charge in [0, 0.05) is 31.1 Å². The van der Waals surface area contributed by atoms with E-state index in [0.717, 1.165) is 17.2 Å². The molecule has 0 spiro atoms. The van der Waals surface area contributed by atoms with Gasteiger partial charge in [0.1, 0.15) is 10.8 Å². The minimum atomic E-state index is -0.337. The molecule has 0 amide bonds. The first kappa shape index (κ1) is 16.6. The third-order valence-electron chi connectivity index (χ3n) is 3.28. The minimum Gasteiger partial charge on any atom is -0.378 e. The van der Waals surface area contributed by atoms with Crippen molar-refractivity contribution in [1.29, 1.82) is 5.26 Å². The molecule has 0 saturated heterocycles. The van der Waals surface area contributed by atoms with E-state index in [4.69, 9.17) is 10.00 Å². The highest BCUT2D eigenvalue weighted by Gasteiger charge is 2.11. The molecule has 0 aliphatic carbocycles. The average Bonchev–Trinajstić information content (AvgIpc) is 2.96. The summed E-state index contributed by atoms with van der Waals surface area (Å²) in [5.41, 5.74) is 1.90. The molecule has 1 heterocycles. The summed E-state index contributed by atoms with van der Waals surface area (Å²) in [5.74, 6) is -0.337. The number of hydrogen-bond donors (Lipinski definition) is 0. The van der Waals surface area contributed by atoms with Gasteiger partial charge < -0.3 is 4.74 Å². The summed E-state index contributed by atoms with van der Waals surface area (Å²) in [6.07, 6.45) is 0. The van der Waals surface area contributed by atoms with Crippen LogP contribution in [0.2, 0.25) is 0 Å². The van der Waals surface area contributed by atoms with Gasteiger partial charge in [0.2, 0.25) is 0 Å². The van der Waals surface area contributed by atoms with E-state index in [2.05, 4.69) is 9.88 Å². The molecule has 0 bridgehead atoms. The Kier molecular flexibility index (Phi) is 6.01. The third kappa shape index (κ3) is 4.34. The number of nitrogens with zero attached hydrogens (tertiary/aromatic N) is 3. The Balaban J connectivity index is 2.04. The maximum atomic E-state index is 14.0. The van der Waals surface area contributed by atoms with Gasteiger partial charge in [-0.1, -0.05) is 13.0 Å². The highest BCUT2D eigenvalue weighted by Crippen LogP contribution is 2.16. The van der Waals surface area contributed by atoms with E-state index in [1.54, 1.807) is 30.6 Å². The van der Waals surface area contributed by atoms with Crippen LogP contribution in [0.25, 0.3) is 0 Å². The molecule has 0 radical (unpaired) electrons. The predicted molar refractivity (Wildman–Crippen MR) is 83.7 cm³/mol. The first-order chi connectivity index (χ1) is 10.7. The zero-order chi connectivity index (χ0) is 15.9. The van der Waals surface area contributed by atoms with Crippen LogP contribution in [0.4, 0.5) is 4.39 Å². The normalized spacial score (nSPS) is 10.9. The van der Waals surface area contributed by atoms with Crippen molar-refractivity contribution < 1.29 is 9.13 Å². The predicted octanol–water partition coefficient (Wildman–Crippen LogP) is 3.32. The highest BCUT2D eigenvalue weighted by atomic mass is 32.1. The molecule has 0 fully saturated rings. The summed E-state index contributed by atoms with van der Waals surface area (Å²) in [6, 6.07) is 6.54. The van der Waals surface area contributed by atoms with Crippen LogP contribution in [0, 0.1) is 17.1 Å². The molecule has 0 N–H and O–H groups in total. The second-order valence-corrected chi connectivity index (χ2v) is 5.83. The molecular weight excluding hydrogens is 301 g/mol. The Morgan fingerprint density at radius 2 is 2.23 bits per heavy atom. The average molecular weight is 319 g/mol. The summed E-state index contributed by atoms with van der Waals surface area (Å²) in [5, 5.41) is 11.7. The van der Waals surface area contributed by atoms with E-state index in [-0.39, 0.29) is 5.82 Å². The molecule has 4 nitrogen and oxygen atoms in total. The van der Waals surface area contributed by atoms with Crippen LogP contribution < -0.4 is 0 Å². The van der Waals surface area contributed by atoms with Crippen LogP contribution in [0.1, 0.15) is 28.8 Å². The Hall–Kier alpha value is -1.81. The number of halogens is 1. The summed E-state index contributed by atoms with van der Waals surface area (Å²) in [4.78, 5) is 6.60. The van der Waals surface area contributed by atoms with E-state index in [1.165, 1.54) is 6.07 Å². The van der Waals surface area contributed by atoms with Gasteiger partial charge in [0.25, 0.3) is 0 Å². The molecule has 22 heavy (non-hydrogen) atoms. The zero-order valence-corrected chi connectivity index (χ0v) is 13.5. The van der Waals surface area contributed by atoms with Gasteiger partial charge in [-0.15, -0.1) is 11.3 Å². The van der Waals surface area contributed by atoms with Crippen LogP contribution in [0.5, 0.6) is 0 Å². The molecule has 1 aromatic heterocycles. The lowest BCUT2D eigenvalue weighted by Crippen LogP contribution is -2.23. The minimum absolute atomic E-state index is 0.337. The highest BCUT2D eigenvalue weighted by molar-refractivity contribution is 7.09. The number of benzene rings is 1. The monoisotopic (exact) mass is 319 g/mol. The fourth-order valence-corrected chi connectivity index (χ4v) is 2.86. The van der Waals surface area contributed by atoms with Crippen LogP contribution >= 0.6 is 11.3 Å². The number of thiazole rings is 1. The van der Waals surface area contributed by atoms with Gasteiger partial charge in [-0.05, 0) is 18.7 Å². The van der Waals surface area contributed by atoms with E-state index < -0.39 is 0 Å². The van der Waals surface area contributed by atoms with E-state index in [0.29, 0.717) is 30.8 Å². The largest absolute Gasteiger partial charge is 0.378 e. The van der Waals surface area contributed by atoms with Gasteiger partial charge in [0.05, 0.1) is 23.9 Å². The molecule has 0 aliphatic rings. The van der Waals surface area contributed by atoms with E-state index >= 15 is 0 Å². The van der Waals surface area contributed by atoms with E-state index in [9.17, 15) is 4.39 Å². The lowest BCUT2D eigenvalue weighted by Gasteiger charge is -2.19. The summed E-state index contributed by atoms with van der Waals surface area (Å²) in [7, 11) is 1.65. The van der Waals surface area contributed by atoms with Crippen molar-refractivity contribution in [2.24, 2.45) is 0 Å². The second kappa shape index (κ2) is 7.99.